The lowest BCUT2D eigenvalue weighted by atomic mass is 9.99. The third-order valence-electron chi connectivity index (χ3n) is 12.2. The van der Waals surface area contributed by atoms with Gasteiger partial charge in [-0.25, -0.2) is 23.8 Å². The maximum absolute atomic E-state index is 12.9. The molecule has 69 heavy (non-hydrogen) atoms. The van der Waals surface area contributed by atoms with Crippen molar-refractivity contribution in [3.63, 3.8) is 0 Å². The number of amides is 5. The van der Waals surface area contributed by atoms with E-state index in [0.29, 0.717) is 13.1 Å². The Morgan fingerprint density at radius 3 is 1.26 bits per heavy atom. The number of hydrogen-bond donors (Lipinski definition) is 10. The summed E-state index contributed by atoms with van der Waals surface area (Å²) in [7, 11) is -5.94. The second kappa shape index (κ2) is 23.1. The summed E-state index contributed by atoms with van der Waals surface area (Å²) in [6.45, 7) is 0.728. The van der Waals surface area contributed by atoms with E-state index in [2.05, 4.69) is 38.3 Å². The standard InChI is InChI=1S/C22H29N5O6S.C18H20N4O5S.C4H11NO2/c1-26-18(21(30)27(8-10-28)9-11-29)13-19(24-26)34(32,33)25-22(31)23-20-16-6-2-4-14(16)12-15-5-3-7-17(15)20;1-22-14(17(23)24)9-15(20-22)28(26,27)21-18(25)19-16-12-6-2-4-10(12)8-11-5-3-7-13(11)16;6-3-1-5-2-4-7/h12-13,28-29H,2-11H2,1H3,(H2,23,25,31);8-9H,2-7H2,1H3,(H,23,24)(H2,19,21,25);5-7H,1-4H2. The SMILES string of the molecule is Cn1nc(S(=O)(=O)NC(=O)Nc2c3c(cc4c2CCC4)CCC3)cc1C(=O)N(CCO)CCO.Cn1nc(S(=O)(=O)NC(=O)Nc2c3c(cc4c2CCC4)CCC3)cc1C(=O)O.OCCNCCO. The zero-order valence-electron chi connectivity index (χ0n) is 38.5. The van der Waals surface area contributed by atoms with Gasteiger partial charge in [0.25, 0.3) is 26.0 Å². The molecule has 0 saturated carbocycles. The molecule has 2 aromatic heterocycles. The number of aromatic nitrogens is 4. The van der Waals surface area contributed by atoms with Crippen LogP contribution in [0.5, 0.6) is 0 Å². The summed E-state index contributed by atoms with van der Waals surface area (Å²) in [6, 6.07) is 4.65. The predicted octanol–water partition coefficient (Wildman–Crippen LogP) is 0.501. The highest BCUT2D eigenvalue weighted by Gasteiger charge is 2.31. The molecule has 4 aliphatic carbocycles. The van der Waals surface area contributed by atoms with Gasteiger partial charge in [-0.2, -0.15) is 27.0 Å². The number of rotatable bonds is 16. The van der Waals surface area contributed by atoms with E-state index in [1.165, 1.54) is 41.2 Å². The van der Waals surface area contributed by atoms with E-state index in [-0.39, 0.29) is 50.9 Å². The number of carboxylic acid groups (broad SMARTS) is 1. The maximum Gasteiger partial charge on any atom is 0.354 e. The van der Waals surface area contributed by atoms with Crippen LogP contribution >= 0.6 is 0 Å². The quantitative estimate of drug-likeness (QED) is 0.0684. The second-order valence-corrected chi connectivity index (χ2v) is 20.1. The molecule has 25 heteroatoms. The van der Waals surface area contributed by atoms with Gasteiger partial charge >= 0.3 is 18.0 Å². The van der Waals surface area contributed by atoms with E-state index in [1.54, 1.807) is 0 Å². The van der Waals surface area contributed by atoms with E-state index in [0.717, 1.165) is 132 Å². The van der Waals surface area contributed by atoms with Gasteiger partial charge in [0.2, 0.25) is 0 Å². The fourth-order valence-electron chi connectivity index (χ4n) is 9.11. The van der Waals surface area contributed by atoms with Gasteiger partial charge in [-0.3, -0.25) is 14.2 Å². The number of aliphatic hydroxyl groups excluding tert-OH is 4. The number of anilines is 2. The molecule has 23 nitrogen and oxygen atoms in total. The van der Waals surface area contributed by atoms with Gasteiger partial charge < -0.3 is 46.4 Å². The van der Waals surface area contributed by atoms with Crippen molar-refractivity contribution >= 4 is 55.4 Å². The molecule has 8 rings (SSSR count). The number of aromatic carboxylic acids is 1. The first-order valence-corrected chi connectivity index (χ1v) is 25.6. The highest BCUT2D eigenvalue weighted by Crippen LogP contribution is 2.40. The molecule has 0 radical (unpaired) electrons. The van der Waals surface area contributed by atoms with Crippen LogP contribution in [0.15, 0.2) is 34.3 Å². The lowest BCUT2D eigenvalue weighted by Crippen LogP contribution is -2.36. The Labute approximate surface area is 399 Å². The fraction of sp³-hybridized carbons (Fsp3) is 0.500. The number of carboxylic acids is 1. The molecule has 0 spiro atoms. The number of sulfonamides is 2. The van der Waals surface area contributed by atoms with Gasteiger partial charge in [0, 0.05) is 63.8 Å². The van der Waals surface area contributed by atoms with Crippen molar-refractivity contribution in [2.75, 3.05) is 63.2 Å². The van der Waals surface area contributed by atoms with E-state index < -0.39 is 54.0 Å². The fourth-order valence-corrected chi connectivity index (χ4v) is 10.9. The van der Waals surface area contributed by atoms with Crippen molar-refractivity contribution in [1.82, 2.24) is 39.2 Å². The van der Waals surface area contributed by atoms with Crippen LogP contribution < -0.4 is 25.4 Å². The highest BCUT2D eigenvalue weighted by atomic mass is 32.2. The van der Waals surface area contributed by atoms with E-state index >= 15 is 0 Å². The van der Waals surface area contributed by atoms with Crippen molar-refractivity contribution in [3.05, 3.63) is 80.2 Å². The number of fused-ring (bicyclic) bond motifs is 4. The molecule has 4 aromatic rings. The molecule has 376 valence electrons. The number of nitrogens with one attached hydrogen (secondary N) is 5. The van der Waals surface area contributed by atoms with Crippen LogP contribution in [0.1, 0.15) is 91.2 Å². The lowest BCUT2D eigenvalue weighted by Gasteiger charge is -2.20. The number of aliphatic hydroxyl groups is 4. The predicted molar refractivity (Wildman–Crippen MR) is 250 cm³/mol. The monoisotopic (exact) mass is 1000 g/mol. The number of hydrogen-bond acceptors (Lipinski definition) is 15. The molecular weight excluding hydrogens is 941 g/mol. The number of carbonyl (C=O) groups is 4. The van der Waals surface area contributed by atoms with Gasteiger partial charge in [-0.1, -0.05) is 12.1 Å². The first-order chi connectivity index (χ1) is 32.9. The van der Waals surface area contributed by atoms with Crippen molar-refractivity contribution in [3.8, 4) is 0 Å². The first kappa shape index (κ1) is 52.4. The third-order valence-corrected chi connectivity index (χ3v) is 14.6. The van der Waals surface area contributed by atoms with Crippen LogP contribution in [0, 0.1) is 0 Å². The molecule has 0 atom stereocenters. The smallest absolute Gasteiger partial charge is 0.354 e. The molecule has 0 unspecified atom stereocenters. The first-order valence-electron chi connectivity index (χ1n) is 22.7. The largest absolute Gasteiger partial charge is 0.477 e. The molecule has 2 heterocycles. The second-order valence-electron chi connectivity index (χ2n) is 16.8. The molecule has 0 saturated heterocycles. The van der Waals surface area contributed by atoms with Crippen molar-refractivity contribution in [1.29, 1.82) is 0 Å². The van der Waals surface area contributed by atoms with Crippen LogP contribution in [0.3, 0.4) is 0 Å². The van der Waals surface area contributed by atoms with Crippen molar-refractivity contribution in [2.45, 2.75) is 87.1 Å². The van der Waals surface area contributed by atoms with Gasteiger partial charge in [0.05, 0.1) is 26.4 Å². The van der Waals surface area contributed by atoms with Crippen LogP contribution in [-0.2, 0) is 85.5 Å². The van der Waals surface area contributed by atoms with Crippen LogP contribution in [-0.4, -0.2) is 143 Å². The van der Waals surface area contributed by atoms with Gasteiger partial charge in [0.1, 0.15) is 11.4 Å². The summed E-state index contributed by atoms with van der Waals surface area (Å²) in [5.41, 5.74) is 10.3. The topological polar surface area (TPSA) is 337 Å². The molecule has 5 amide bonds. The van der Waals surface area contributed by atoms with Gasteiger partial charge in [-0.05, 0) is 122 Å². The Bertz CT molecular complexity index is 2720. The summed E-state index contributed by atoms with van der Waals surface area (Å²) < 4.78 is 56.6. The summed E-state index contributed by atoms with van der Waals surface area (Å²) in [4.78, 5) is 50.2. The van der Waals surface area contributed by atoms with E-state index in [1.807, 2.05) is 9.44 Å². The average molecular weight is 1000 g/mol. The minimum atomic E-state index is -4.36. The zero-order valence-corrected chi connectivity index (χ0v) is 40.1. The molecule has 0 fully saturated rings. The summed E-state index contributed by atoms with van der Waals surface area (Å²) in [6.07, 6.45) is 11.2. The Morgan fingerprint density at radius 2 is 0.928 bits per heavy atom. The number of benzene rings is 2. The molecule has 10 N–H and O–H groups in total. The van der Waals surface area contributed by atoms with Gasteiger partial charge in [0.15, 0.2) is 10.1 Å². The number of urea groups is 2. The normalized spacial score (nSPS) is 14.3. The molecule has 0 aliphatic heterocycles. The molecular formula is C44H60N10O13S2. The third kappa shape index (κ3) is 12.4. The minimum Gasteiger partial charge on any atom is -0.477 e. The van der Waals surface area contributed by atoms with Crippen molar-refractivity contribution < 1.29 is 61.5 Å². The zero-order chi connectivity index (χ0) is 50.0. The maximum atomic E-state index is 12.9. The minimum absolute atomic E-state index is 0.0287. The van der Waals surface area contributed by atoms with Crippen molar-refractivity contribution in [2.24, 2.45) is 14.1 Å². The Kier molecular flexibility index (Phi) is 17.5. The number of aryl methyl sites for hydroxylation is 6. The number of nitrogens with zero attached hydrogens (tertiary/aromatic N) is 5. The molecule has 2 aromatic carbocycles. The number of carbonyl (C=O) groups excluding carboxylic acids is 3. The Hall–Kier alpha value is -5.96. The highest BCUT2D eigenvalue weighted by molar-refractivity contribution is 7.90. The Balaban J connectivity index is 0.000000202. The van der Waals surface area contributed by atoms with Crippen LogP contribution in [0.2, 0.25) is 0 Å². The summed E-state index contributed by atoms with van der Waals surface area (Å²) >= 11 is 0. The molecule has 4 aliphatic rings. The van der Waals surface area contributed by atoms with E-state index in [4.69, 9.17) is 25.5 Å². The van der Waals surface area contributed by atoms with Crippen LogP contribution in [0.4, 0.5) is 21.0 Å². The van der Waals surface area contributed by atoms with Gasteiger partial charge in [-0.15, -0.1) is 0 Å². The molecule has 0 bridgehead atoms. The Morgan fingerprint density at radius 1 is 0.565 bits per heavy atom. The van der Waals surface area contributed by atoms with Crippen LogP contribution in [0.25, 0.3) is 0 Å². The van der Waals surface area contributed by atoms with E-state index in [9.17, 15) is 36.0 Å². The summed E-state index contributed by atoms with van der Waals surface area (Å²) in [5, 5.41) is 58.5. The average Bonchev–Trinajstić information content (AvgIpc) is 4.16. The summed E-state index contributed by atoms with van der Waals surface area (Å²) in [5.74, 6) is -1.91. The lowest BCUT2D eigenvalue weighted by molar-refractivity contribution is 0.0670.